The van der Waals surface area contributed by atoms with Crippen molar-refractivity contribution in [3.63, 3.8) is 0 Å². The lowest BCUT2D eigenvalue weighted by molar-refractivity contribution is -0.129. The van der Waals surface area contributed by atoms with Crippen molar-refractivity contribution in [1.82, 2.24) is 4.90 Å². The number of carbonyl (C=O) groups is 3. The number of hydrogen-bond donors (Lipinski definition) is 1. The first-order valence-electron chi connectivity index (χ1n) is 6.96. The monoisotopic (exact) mass is 306 g/mol. The quantitative estimate of drug-likeness (QED) is 0.850. The van der Waals surface area contributed by atoms with E-state index in [1.807, 2.05) is 0 Å². The van der Waals surface area contributed by atoms with Crippen molar-refractivity contribution in [3.05, 3.63) is 34.3 Å². The molecule has 2 aliphatic rings. The summed E-state index contributed by atoms with van der Waals surface area (Å²) in [6.07, 6.45) is 3.39. The number of carbonyl (C=O) groups excluding carboxylic acids is 3. The second kappa shape index (κ2) is 4.84. The van der Waals surface area contributed by atoms with Gasteiger partial charge in [0, 0.05) is 5.02 Å². The van der Waals surface area contributed by atoms with Crippen LogP contribution in [0.15, 0.2) is 18.2 Å². The van der Waals surface area contributed by atoms with Crippen LogP contribution in [0.1, 0.15) is 52.8 Å². The minimum absolute atomic E-state index is 0.249. The maximum absolute atomic E-state index is 12.6. The van der Waals surface area contributed by atoms with E-state index < -0.39 is 23.3 Å². The van der Waals surface area contributed by atoms with Gasteiger partial charge in [-0.1, -0.05) is 30.9 Å². The molecule has 5 nitrogen and oxygen atoms in total. The summed E-state index contributed by atoms with van der Waals surface area (Å²) in [5.41, 5.74) is 4.90. The molecule has 0 saturated heterocycles. The molecule has 1 aromatic carbocycles. The largest absolute Gasteiger partial charge is 0.368 e. The highest BCUT2D eigenvalue weighted by Crippen LogP contribution is 2.39. The molecule has 1 aliphatic heterocycles. The summed E-state index contributed by atoms with van der Waals surface area (Å²) in [4.78, 5) is 38.3. The molecule has 1 aliphatic carbocycles. The molecule has 110 valence electrons. The molecule has 3 amide bonds. The molecule has 2 N–H and O–H groups in total. The fraction of sp³-hybridized carbons (Fsp3) is 0.400. The number of primary amides is 1. The van der Waals surface area contributed by atoms with Crippen LogP contribution in [0.3, 0.4) is 0 Å². The summed E-state index contributed by atoms with van der Waals surface area (Å²) in [6.45, 7) is 0. The van der Waals surface area contributed by atoms with E-state index in [2.05, 4.69) is 0 Å². The van der Waals surface area contributed by atoms with Crippen LogP contribution in [-0.2, 0) is 4.79 Å². The first-order chi connectivity index (χ1) is 9.97. The minimum atomic E-state index is -1.20. The van der Waals surface area contributed by atoms with Gasteiger partial charge >= 0.3 is 0 Å². The van der Waals surface area contributed by atoms with E-state index in [4.69, 9.17) is 17.3 Å². The van der Waals surface area contributed by atoms with Crippen LogP contribution in [0.5, 0.6) is 0 Å². The van der Waals surface area contributed by atoms with Gasteiger partial charge in [0.1, 0.15) is 5.54 Å². The fourth-order valence-electron chi connectivity index (χ4n) is 3.32. The van der Waals surface area contributed by atoms with Crippen molar-refractivity contribution < 1.29 is 14.4 Å². The van der Waals surface area contributed by atoms with Crippen LogP contribution in [0.25, 0.3) is 0 Å². The van der Waals surface area contributed by atoms with E-state index in [1.54, 1.807) is 6.07 Å². The van der Waals surface area contributed by atoms with Crippen molar-refractivity contribution in [1.29, 1.82) is 0 Å². The molecule has 0 spiro atoms. The van der Waals surface area contributed by atoms with Gasteiger partial charge in [0.25, 0.3) is 11.8 Å². The van der Waals surface area contributed by atoms with Crippen molar-refractivity contribution in [2.45, 2.75) is 37.6 Å². The smallest absolute Gasteiger partial charge is 0.262 e. The molecule has 1 fully saturated rings. The Kier molecular flexibility index (Phi) is 3.24. The molecular weight excluding hydrogens is 292 g/mol. The van der Waals surface area contributed by atoms with Crippen molar-refractivity contribution in [3.8, 4) is 0 Å². The normalized spacial score (nSPS) is 20.5. The Morgan fingerprint density at radius 1 is 1.10 bits per heavy atom. The van der Waals surface area contributed by atoms with Gasteiger partial charge in [-0.25, -0.2) is 0 Å². The third-order valence-corrected chi connectivity index (χ3v) is 4.65. The fourth-order valence-corrected chi connectivity index (χ4v) is 3.49. The van der Waals surface area contributed by atoms with Gasteiger partial charge in [0.2, 0.25) is 5.91 Å². The molecule has 0 radical (unpaired) electrons. The lowest BCUT2D eigenvalue weighted by Crippen LogP contribution is -2.60. The van der Waals surface area contributed by atoms with Gasteiger partial charge in [-0.05, 0) is 31.0 Å². The van der Waals surface area contributed by atoms with E-state index in [-0.39, 0.29) is 11.1 Å². The predicted octanol–water partition coefficient (Wildman–Crippen LogP) is 2.12. The second-order valence-electron chi connectivity index (χ2n) is 5.59. The molecule has 6 heteroatoms. The lowest BCUT2D eigenvalue weighted by Gasteiger charge is -2.40. The second-order valence-corrected chi connectivity index (χ2v) is 6.03. The highest BCUT2D eigenvalue weighted by molar-refractivity contribution is 6.32. The summed E-state index contributed by atoms with van der Waals surface area (Å²) in [5.74, 6) is -1.53. The van der Waals surface area contributed by atoms with E-state index in [9.17, 15) is 14.4 Å². The molecule has 0 unspecified atom stereocenters. The molecule has 1 heterocycles. The highest BCUT2D eigenvalue weighted by atomic mass is 35.5. The maximum Gasteiger partial charge on any atom is 0.262 e. The zero-order valence-corrected chi connectivity index (χ0v) is 12.2. The average molecular weight is 307 g/mol. The maximum atomic E-state index is 12.6. The van der Waals surface area contributed by atoms with Gasteiger partial charge in [-0.2, -0.15) is 0 Å². The highest BCUT2D eigenvalue weighted by Gasteiger charge is 2.52. The van der Waals surface area contributed by atoms with Gasteiger partial charge in [-0.15, -0.1) is 0 Å². The van der Waals surface area contributed by atoms with E-state index in [1.165, 1.54) is 12.1 Å². The first kappa shape index (κ1) is 14.1. The number of rotatable bonds is 2. The number of benzene rings is 1. The Bertz CT molecular complexity index is 650. The Labute approximate surface area is 127 Å². The molecule has 21 heavy (non-hydrogen) atoms. The number of amides is 3. The molecule has 3 rings (SSSR count). The average Bonchev–Trinajstić information content (AvgIpc) is 2.71. The molecular formula is C15H15ClN2O3. The van der Waals surface area contributed by atoms with E-state index in [0.717, 1.165) is 24.2 Å². The van der Waals surface area contributed by atoms with Gasteiger partial charge in [0.05, 0.1) is 11.1 Å². The number of fused-ring (bicyclic) bond motifs is 1. The van der Waals surface area contributed by atoms with Crippen LogP contribution in [0.2, 0.25) is 5.02 Å². The summed E-state index contributed by atoms with van der Waals surface area (Å²) < 4.78 is 0. The number of nitrogens with two attached hydrogens (primary N) is 1. The predicted molar refractivity (Wildman–Crippen MR) is 77.0 cm³/mol. The Morgan fingerprint density at radius 2 is 1.71 bits per heavy atom. The van der Waals surface area contributed by atoms with Crippen LogP contribution >= 0.6 is 11.6 Å². The van der Waals surface area contributed by atoms with Crippen molar-refractivity contribution >= 4 is 29.3 Å². The molecule has 0 atom stereocenters. The minimum Gasteiger partial charge on any atom is -0.368 e. The van der Waals surface area contributed by atoms with E-state index in [0.29, 0.717) is 17.9 Å². The molecule has 0 bridgehead atoms. The van der Waals surface area contributed by atoms with Crippen molar-refractivity contribution in [2.75, 3.05) is 0 Å². The van der Waals surface area contributed by atoms with Crippen molar-refractivity contribution in [2.24, 2.45) is 5.73 Å². The molecule has 0 aromatic heterocycles. The summed E-state index contributed by atoms with van der Waals surface area (Å²) >= 11 is 5.89. The Morgan fingerprint density at radius 3 is 2.33 bits per heavy atom. The summed E-state index contributed by atoms with van der Waals surface area (Å²) in [5, 5.41) is 0.383. The van der Waals surface area contributed by atoms with E-state index >= 15 is 0 Å². The number of halogens is 1. The number of hydrogen-bond acceptors (Lipinski definition) is 3. The van der Waals surface area contributed by atoms with Gasteiger partial charge in [-0.3, -0.25) is 19.3 Å². The lowest BCUT2D eigenvalue weighted by atomic mass is 9.79. The number of nitrogens with zero attached hydrogens (tertiary/aromatic N) is 1. The summed E-state index contributed by atoms with van der Waals surface area (Å²) in [6, 6.07) is 4.55. The third kappa shape index (κ3) is 1.95. The van der Waals surface area contributed by atoms with Gasteiger partial charge < -0.3 is 5.73 Å². The number of imide groups is 1. The Hall–Kier alpha value is -1.88. The SMILES string of the molecule is NC(=O)C1(N2C(=O)c3ccc(Cl)cc3C2=O)CCCCC1. The van der Waals surface area contributed by atoms with Crippen LogP contribution in [-0.4, -0.2) is 28.2 Å². The zero-order chi connectivity index (χ0) is 15.2. The zero-order valence-electron chi connectivity index (χ0n) is 11.4. The van der Waals surface area contributed by atoms with Crippen LogP contribution in [0, 0.1) is 0 Å². The Balaban J connectivity index is 2.09. The topological polar surface area (TPSA) is 80.5 Å². The van der Waals surface area contributed by atoms with Crippen LogP contribution < -0.4 is 5.73 Å². The van der Waals surface area contributed by atoms with Gasteiger partial charge in [0.15, 0.2) is 0 Å². The summed E-state index contributed by atoms with van der Waals surface area (Å²) in [7, 11) is 0. The molecule has 1 aromatic rings. The first-order valence-corrected chi connectivity index (χ1v) is 7.33. The van der Waals surface area contributed by atoms with Crippen LogP contribution in [0.4, 0.5) is 0 Å². The third-order valence-electron chi connectivity index (χ3n) is 4.42. The molecule has 1 saturated carbocycles. The standard InChI is InChI=1S/C15H15ClN2O3/c16-9-4-5-10-11(8-9)13(20)18(12(10)19)15(14(17)21)6-2-1-3-7-15/h4-5,8H,1-3,6-7H2,(H2,17,21).